The maximum Gasteiger partial charge on any atom is 0.240 e. The second-order valence-electron chi connectivity index (χ2n) is 9.47. The van der Waals surface area contributed by atoms with Gasteiger partial charge in [0.05, 0.1) is 31.3 Å². The SMILES string of the molecule is NCCOCCOCCNS(=O)(=O)c1ccc(O)c(C2CCCCN2[C@@H]2Cc3cc(Cl)cc(F)c3C2)c1. The molecule has 2 aliphatic rings. The number of rotatable bonds is 12. The van der Waals surface area contributed by atoms with Crippen molar-refractivity contribution in [3.05, 3.63) is 57.9 Å². The van der Waals surface area contributed by atoms with Crippen molar-refractivity contribution in [1.29, 1.82) is 0 Å². The number of nitrogens with two attached hydrogens (primary N) is 1. The van der Waals surface area contributed by atoms with Crippen molar-refractivity contribution in [3.63, 3.8) is 0 Å². The molecule has 1 unspecified atom stereocenters. The highest BCUT2D eigenvalue weighted by atomic mass is 35.5. The van der Waals surface area contributed by atoms with Crippen molar-refractivity contribution >= 4 is 21.6 Å². The van der Waals surface area contributed by atoms with Gasteiger partial charge in [-0.25, -0.2) is 17.5 Å². The molecule has 2 atom stereocenters. The Balaban J connectivity index is 1.44. The zero-order chi connectivity index (χ0) is 26.4. The maximum atomic E-state index is 14.5. The zero-order valence-corrected chi connectivity index (χ0v) is 22.4. The van der Waals surface area contributed by atoms with Gasteiger partial charge in [0.2, 0.25) is 10.0 Å². The van der Waals surface area contributed by atoms with Gasteiger partial charge in [-0.2, -0.15) is 0 Å². The van der Waals surface area contributed by atoms with E-state index in [2.05, 4.69) is 9.62 Å². The average molecular weight is 556 g/mol. The number of benzene rings is 2. The first-order valence-corrected chi connectivity index (χ1v) is 14.6. The lowest BCUT2D eigenvalue weighted by atomic mass is 9.92. The predicted molar refractivity (Wildman–Crippen MR) is 140 cm³/mol. The molecule has 204 valence electrons. The highest BCUT2D eigenvalue weighted by molar-refractivity contribution is 7.89. The van der Waals surface area contributed by atoms with Crippen LogP contribution in [-0.2, 0) is 32.3 Å². The highest BCUT2D eigenvalue weighted by Crippen LogP contribution is 2.41. The van der Waals surface area contributed by atoms with E-state index in [1.165, 1.54) is 18.2 Å². The summed E-state index contributed by atoms with van der Waals surface area (Å²) in [7, 11) is -3.80. The number of nitrogens with one attached hydrogen (secondary N) is 1. The van der Waals surface area contributed by atoms with E-state index in [0.717, 1.165) is 31.4 Å². The molecule has 0 saturated carbocycles. The van der Waals surface area contributed by atoms with Crippen LogP contribution in [0.1, 0.15) is 42.0 Å². The summed E-state index contributed by atoms with van der Waals surface area (Å²) in [4.78, 5) is 2.38. The van der Waals surface area contributed by atoms with E-state index in [9.17, 15) is 17.9 Å². The number of fused-ring (bicyclic) bond motifs is 1. The number of aromatic hydroxyl groups is 1. The number of ether oxygens (including phenoxy) is 2. The number of likely N-dealkylation sites (tertiary alicyclic amines) is 1. The molecule has 1 saturated heterocycles. The molecule has 8 nitrogen and oxygen atoms in total. The third kappa shape index (κ3) is 7.00. The quantitative estimate of drug-likeness (QED) is 0.345. The molecule has 0 radical (unpaired) electrons. The number of sulfonamides is 1. The van der Waals surface area contributed by atoms with E-state index >= 15 is 0 Å². The van der Waals surface area contributed by atoms with Crippen LogP contribution in [0.5, 0.6) is 5.75 Å². The summed E-state index contributed by atoms with van der Waals surface area (Å²) in [5.41, 5.74) is 7.53. The van der Waals surface area contributed by atoms with Gasteiger partial charge in [-0.15, -0.1) is 0 Å². The molecule has 4 N–H and O–H groups in total. The standard InChI is InChI=1S/C26H35ClFN3O5S/c27-19-13-18-14-20(16-22(18)24(28)15-19)31-8-2-1-3-25(31)23-17-21(4-5-26(23)32)37(33,34)30-7-10-36-12-11-35-9-6-29/h4-5,13,15,17,20,25,30,32H,1-3,6-12,14,16,29H2/t20-,25?/m1/s1. The molecule has 1 heterocycles. The Morgan fingerprint density at radius 3 is 2.68 bits per heavy atom. The molecule has 37 heavy (non-hydrogen) atoms. The molecule has 0 bridgehead atoms. The fourth-order valence-corrected chi connectivity index (χ4v) is 6.57. The van der Waals surface area contributed by atoms with Gasteiger partial charge in [0.1, 0.15) is 11.6 Å². The first-order chi connectivity index (χ1) is 17.8. The normalized spacial score (nSPS) is 20.3. The van der Waals surface area contributed by atoms with E-state index in [1.54, 1.807) is 6.07 Å². The third-order valence-corrected chi connectivity index (χ3v) is 8.68. The first kappa shape index (κ1) is 28.2. The van der Waals surface area contributed by atoms with Crippen LogP contribution in [-0.4, -0.2) is 70.5 Å². The molecule has 1 fully saturated rings. The lowest BCUT2D eigenvalue weighted by Gasteiger charge is -2.40. The number of hydrogen-bond donors (Lipinski definition) is 3. The van der Waals surface area contributed by atoms with Crippen molar-refractivity contribution in [2.45, 2.75) is 49.1 Å². The number of phenols is 1. The van der Waals surface area contributed by atoms with Gasteiger partial charge in [0.15, 0.2) is 0 Å². The lowest BCUT2D eigenvalue weighted by molar-refractivity contribution is 0.0530. The summed E-state index contributed by atoms with van der Waals surface area (Å²) < 4.78 is 53.6. The number of phenolic OH excluding ortho intramolecular Hbond substituents is 1. The maximum absolute atomic E-state index is 14.5. The summed E-state index contributed by atoms with van der Waals surface area (Å²) in [6.07, 6.45) is 3.96. The van der Waals surface area contributed by atoms with Crippen molar-refractivity contribution in [1.82, 2.24) is 9.62 Å². The molecule has 1 aliphatic carbocycles. The van der Waals surface area contributed by atoms with Crippen molar-refractivity contribution in [3.8, 4) is 5.75 Å². The Kier molecular flexibility index (Phi) is 9.79. The number of halogens is 2. The molecular formula is C26H35ClFN3O5S. The Bertz CT molecular complexity index is 1180. The fraction of sp³-hybridized carbons (Fsp3) is 0.538. The largest absolute Gasteiger partial charge is 0.508 e. The molecular weight excluding hydrogens is 521 g/mol. The monoisotopic (exact) mass is 555 g/mol. The molecule has 2 aromatic carbocycles. The van der Waals surface area contributed by atoms with E-state index in [-0.39, 0.29) is 41.7 Å². The van der Waals surface area contributed by atoms with Gasteiger partial charge in [0.25, 0.3) is 0 Å². The van der Waals surface area contributed by atoms with E-state index < -0.39 is 10.0 Å². The molecule has 2 aromatic rings. The van der Waals surface area contributed by atoms with E-state index in [0.29, 0.717) is 55.4 Å². The van der Waals surface area contributed by atoms with Crippen LogP contribution in [0.15, 0.2) is 35.2 Å². The van der Waals surface area contributed by atoms with Crippen LogP contribution in [0.2, 0.25) is 5.02 Å². The van der Waals surface area contributed by atoms with E-state index in [1.807, 2.05) is 6.07 Å². The lowest BCUT2D eigenvalue weighted by Crippen LogP contribution is -2.42. The van der Waals surface area contributed by atoms with E-state index in [4.69, 9.17) is 26.8 Å². The second-order valence-corrected chi connectivity index (χ2v) is 11.7. The van der Waals surface area contributed by atoms with Crippen molar-refractivity contribution in [2.75, 3.05) is 46.1 Å². The van der Waals surface area contributed by atoms with Gasteiger partial charge in [0, 0.05) is 35.8 Å². The molecule has 0 aromatic heterocycles. The minimum Gasteiger partial charge on any atom is -0.508 e. The average Bonchev–Trinajstić information content (AvgIpc) is 3.30. The smallest absolute Gasteiger partial charge is 0.240 e. The molecule has 11 heteroatoms. The molecule has 4 rings (SSSR count). The zero-order valence-electron chi connectivity index (χ0n) is 20.8. The van der Waals surface area contributed by atoms with Crippen LogP contribution in [0, 0.1) is 5.82 Å². The van der Waals surface area contributed by atoms with Gasteiger partial charge in [-0.3, -0.25) is 4.90 Å². The van der Waals surface area contributed by atoms with Crippen LogP contribution in [0.25, 0.3) is 0 Å². The Morgan fingerprint density at radius 2 is 1.89 bits per heavy atom. The van der Waals surface area contributed by atoms with Gasteiger partial charge < -0.3 is 20.3 Å². The predicted octanol–water partition coefficient (Wildman–Crippen LogP) is 3.15. The van der Waals surface area contributed by atoms with Gasteiger partial charge in [-0.05, 0) is 73.7 Å². The summed E-state index contributed by atoms with van der Waals surface area (Å²) in [5, 5.41) is 11.1. The van der Waals surface area contributed by atoms with Crippen molar-refractivity contribution in [2.24, 2.45) is 5.73 Å². The van der Waals surface area contributed by atoms with Crippen LogP contribution >= 0.6 is 11.6 Å². The second kappa shape index (κ2) is 12.8. The number of piperidine rings is 1. The van der Waals surface area contributed by atoms with Crippen LogP contribution in [0.3, 0.4) is 0 Å². The summed E-state index contributed by atoms with van der Waals surface area (Å²) in [6.45, 7) is 2.75. The minimum absolute atomic E-state index is 0.0528. The van der Waals surface area contributed by atoms with Crippen molar-refractivity contribution < 1.29 is 27.4 Å². The molecule has 1 aliphatic heterocycles. The summed E-state index contributed by atoms with van der Waals surface area (Å²) >= 11 is 6.08. The minimum atomic E-state index is -3.80. The third-order valence-electron chi connectivity index (χ3n) is 7.00. The fourth-order valence-electron chi connectivity index (χ4n) is 5.29. The Morgan fingerprint density at radius 1 is 1.11 bits per heavy atom. The Labute approximate surface area is 222 Å². The van der Waals surface area contributed by atoms with Gasteiger partial charge >= 0.3 is 0 Å². The van der Waals surface area contributed by atoms with Crippen LogP contribution in [0.4, 0.5) is 4.39 Å². The topological polar surface area (TPSA) is 114 Å². The number of hydrogen-bond acceptors (Lipinski definition) is 7. The number of nitrogens with zero attached hydrogens (tertiary/aromatic N) is 1. The molecule has 0 amide bonds. The summed E-state index contributed by atoms with van der Waals surface area (Å²) in [5.74, 6) is -0.228. The molecule has 0 spiro atoms. The highest BCUT2D eigenvalue weighted by Gasteiger charge is 2.36. The van der Waals surface area contributed by atoms with Crippen LogP contribution < -0.4 is 10.5 Å². The summed E-state index contributed by atoms with van der Waals surface area (Å²) in [6, 6.07) is 7.46. The Hall–Kier alpha value is -1.79. The van der Waals surface area contributed by atoms with Gasteiger partial charge in [-0.1, -0.05) is 18.0 Å². The first-order valence-electron chi connectivity index (χ1n) is 12.7.